The van der Waals surface area contributed by atoms with Crippen LogP contribution in [0.1, 0.15) is 6.92 Å². The molecule has 8 nitrogen and oxygen atoms in total. The zero-order valence-corrected chi connectivity index (χ0v) is 18.2. The van der Waals surface area contributed by atoms with Gasteiger partial charge in [0.2, 0.25) is 15.7 Å². The van der Waals surface area contributed by atoms with E-state index in [1.54, 1.807) is 42.5 Å². The molecule has 0 saturated carbocycles. The van der Waals surface area contributed by atoms with Gasteiger partial charge in [0.15, 0.2) is 0 Å². The van der Waals surface area contributed by atoms with Crippen LogP contribution in [0.3, 0.4) is 0 Å². The fourth-order valence-corrected chi connectivity index (χ4v) is 5.37. The Kier molecular flexibility index (Phi) is 6.68. The van der Waals surface area contributed by atoms with Crippen LogP contribution >= 0.6 is 11.8 Å². The zero-order chi connectivity index (χ0) is 21.7. The molecule has 0 unspecified atom stereocenters. The average molecular weight is 447 g/mol. The molecule has 0 atom stereocenters. The molecule has 1 aromatic heterocycles. The normalized spacial score (nSPS) is 11.3. The first kappa shape index (κ1) is 21.7. The maximum absolute atomic E-state index is 13.1. The molecule has 0 aliphatic carbocycles. The molecule has 0 aliphatic heterocycles. The van der Waals surface area contributed by atoms with Gasteiger partial charge in [-0.25, -0.2) is 13.1 Å². The highest BCUT2D eigenvalue weighted by Crippen LogP contribution is 2.34. The molecule has 0 saturated heterocycles. The van der Waals surface area contributed by atoms with Crippen molar-refractivity contribution in [3.8, 4) is 5.75 Å². The number of anilines is 2. The van der Waals surface area contributed by atoms with Crippen LogP contribution in [0, 0.1) is 0 Å². The lowest BCUT2D eigenvalue weighted by Gasteiger charge is -2.08. The molecule has 0 fully saturated rings. The Morgan fingerprint density at radius 1 is 1.20 bits per heavy atom. The number of hydrogen-bond donors (Lipinski definition) is 2. The van der Waals surface area contributed by atoms with Gasteiger partial charge >= 0.3 is 0 Å². The molecule has 1 amide bonds. The highest BCUT2D eigenvalue weighted by molar-refractivity contribution is 8.00. The Morgan fingerprint density at radius 2 is 1.93 bits per heavy atom. The number of thioether (sulfide) groups is 1. The first-order chi connectivity index (χ1) is 14.4. The second-order valence-corrected chi connectivity index (χ2v) is 9.35. The van der Waals surface area contributed by atoms with Gasteiger partial charge in [0.1, 0.15) is 28.0 Å². The summed E-state index contributed by atoms with van der Waals surface area (Å²) in [6, 6.07) is 14.9. The van der Waals surface area contributed by atoms with Crippen molar-refractivity contribution in [3.63, 3.8) is 0 Å². The predicted octanol–water partition coefficient (Wildman–Crippen LogP) is 3.06. The lowest BCUT2D eigenvalue weighted by molar-refractivity contribution is -0.116. The third-order valence-electron chi connectivity index (χ3n) is 4.17. The van der Waals surface area contributed by atoms with Crippen molar-refractivity contribution in [3.05, 3.63) is 54.6 Å². The second kappa shape index (κ2) is 9.23. The van der Waals surface area contributed by atoms with Gasteiger partial charge in [0, 0.05) is 11.8 Å². The summed E-state index contributed by atoms with van der Waals surface area (Å²) in [5.74, 6) is 0.734. The summed E-state index contributed by atoms with van der Waals surface area (Å²) >= 11 is 1.26. The van der Waals surface area contributed by atoms with Crippen molar-refractivity contribution in [2.75, 3.05) is 23.9 Å². The van der Waals surface area contributed by atoms with Crippen LogP contribution in [0.15, 0.2) is 69.4 Å². The lowest BCUT2D eigenvalue weighted by atomic mass is 10.3. The van der Waals surface area contributed by atoms with E-state index in [0.29, 0.717) is 17.2 Å². The Labute approximate surface area is 179 Å². The van der Waals surface area contributed by atoms with Crippen LogP contribution in [0.25, 0.3) is 0 Å². The van der Waals surface area contributed by atoms with Gasteiger partial charge in [-0.15, -0.1) is 11.8 Å². The van der Waals surface area contributed by atoms with Crippen LogP contribution < -0.4 is 15.8 Å². The zero-order valence-electron chi connectivity index (χ0n) is 16.5. The molecular weight excluding hydrogens is 424 g/mol. The van der Waals surface area contributed by atoms with Gasteiger partial charge in [0.05, 0.1) is 12.0 Å². The molecule has 3 aromatic rings. The van der Waals surface area contributed by atoms with Crippen LogP contribution in [-0.2, 0) is 21.2 Å². The number of aromatic nitrogens is 2. The van der Waals surface area contributed by atoms with Crippen molar-refractivity contribution < 1.29 is 17.9 Å². The summed E-state index contributed by atoms with van der Waals surface area (Å²) in [5, 5.41) is 7.30. The number of carbonyl (C=O) groups is 1. The summed E-state index contributed by atoms with van der Waals surface area (Å²) in [5.41, 5.74) is 6.70. The summed E-state index contributed by atoms with van der Waals surface area (Å²) in [6.45, 7) is 1.65. The molecule has 0 aliphatic rings. The van der Waals surface area contributed by atoms with Gasteiger partial charge in [0.25, 0.3) is 0 Å². The maximum Gasteiger partial charge on any atom is 0.246 e. The minimum absolute atomic E-state index is 0.0735. The molecule has 158 valence electrons. The summed E-state index contributed by atoms with van der Waals surface area (Å²) in [4.78, 5) is 12.6. The third-order valence-corrected chi connectivity index (χ3v) is 6.98. The van der Waals surface area contributed by atoms with Crippen molar-refractivity contribution in [1.29, 1.82) is 0 Å². The highest BCUT2D eigenvalue weighted by Gasteiger charge is 2.29. The van der Waals surface area contributed by atoms with E-state index in [-0.39, 0.29) is 27.2 Å². The highest BCUT2D eigenvalue weighted by atomic mass is 32.2. The van der Waals surface area contributed by atoms with E-state index in [4.69, 9.17) is 10.5 Å². The molecule has 3 rings (SSSR count). The molecule has 0 bridgehead atoms. The SMILES string of the molecule is CCSc1nn(CC(=O)Nc2cccc(OC)c2)c(N)c1S(=O)(=O)c1ccccc1. The Morgan fingerprint density at radius 3 is 2.60 bits per heavy atom. The van der Waals surface area contributed by atoms with Crippen molar-refractivity contribution >= 4 is 39.0 Å². The van der Waals surface area contributed by atoms with E-state index in [1.165, 1.54) is 35.7 Å². The molecule has 3 N–H and O–H groups in total. The van der Waals surface area contributed by atoms with Crippen LogP contribution in [0.2, 0.25) is 0 Å². The van der Waals surface area contributed by atoms with Gasteiger partial charge in [-0.3, -0.25) is 4.79 Å². The largest absolute Gasteiger partial charge is 0.497 e. The molecule has 0 radical (unpaired) electrons. The number of methoxy groups -OCH3 is 1. The Bertz CT molecular complexity index is 1140. The lowest BCUT2D eigenvalue weighted by Crippen LogP contribution is -2.21. The minimum atomic E-state index is -3.88. The van der Waals surface area contributed by atoms with Crippen LogP contribution in [-0.4, -0.2) is 37.0 Å². The number of nitrogens with zero attached hydrogens (tertiary/aromatic N) is 2. The van der Waals surface area contributed by atoms with E-state index in [0.717, 1.165) is 0 Å². The smallest absolute Gasteiger partial charge is 0.246 e. The summed E-state index contributed by atoms with van der Waals surface area (Å²) < 4.78 is 32.7. The number of ether oxygens (including phenoxy) is 1. The first-order valence-electron chi connectivity index (χ1n) is 9.10. The molecule has 30 heavy (non-hydrogen) atoms. The standard InChI is InChI=1S/C20H22N4O4S2/c1-3-29-20-18(30(26,27)16-10-5-4-6-11-16)19(21)24(23-20)13-17(25)22-14-8-7-9-15(12-14)28-2/h4-12H,3,13,21H2,1-2H3,(H,22,25). The van der Waals surface area contributed by atoms with E-state index in [2.05, 4.69) is 10.4 Å². The van der Waals surface area contributed by atoms with Gasteiger partial charge in [-0.1, -0.05) is 31.2 Å². The quantitative estimate of drug-likeness (QED) is 0.511. The number of nitrogens with two attached hydrogens (primary N) is 1. The molecule has 0 spiro atoms. The molecular formula is C20H22N4O4S2. The Balaban J connectivity index is 1.91. The van der Waals surface area contributed by atoms with E-state index >= 15 is 0 Å². The van der Waals surface area contributed by atoms with Gasteiger partial charge < -0.3 is 15.8 Å². The minimum Gasteiger partial charge on any atom is -0.497 e. The van der Waals surface area contributed by atoms with E-state index in [1.807, 2.05) is 6.92 Å². The summed E-state index contributed by atoms with van der Waals surface area (Å²) in [6.07, 6.45) is 0. The molecule has 10 heteroatoms. The van der Waals surface area contributed by atoms with Gasteiger partial charge in [-0.2, -0.15) is 5.10 Å². The monoisotopic (exact) mass is 446 g/mol. The van der Waals surface area contributed by atoms with E-state index in [9.17, 15) is 13.2 Å². The number of nitrogens with one attached hydrogen (secondary N) is 1. The number of hydrogen-bond acceptors (Lipinski definition) is 7. The van der Waals surface area contributed by atoms with E-state index < -0.39 is 15.7 Å². The predicted molar refractivity (Wildman–Crippen MR) is 117 cm³/mol. The summed E-state index contributed by atoms with van der Waals surface area (Å²) in [7, 11) is -2.35. The number of nitrogen functional groups attached to an aromatic ring is 1. The number of benzene rings is 2. The number of carbonyl (C=O) groups excluding carboxylic acids is 1. The first-order valence-corrected chi connectivity index (χ1v) is 11.6. The number of rotatable bonds is 8. The second-order valence-electron chi connectivity index (χ2n) is 6.21. The Hall–Kier alpha value is -2.98. The van der Waals surface area contributed by atoms with Gasteiger partial charge in [-0.05, 0) is 30.0 Å². The third kappa shape index (κ3) is 4.60. The fraction of sp³-hybridized carbons (Fsp3) is 0.200. The van der Waals surface area contributed by atoms with Crippen LogP contribution in [0.5, 0.6) is 5.75 Å². The maximum atomic E-state index is 13.1. The van der Waals surface area contributed by atoms with Crippen LogP contribution in [0.4, 0.5) is 11.5 Å². The average Bonchev–Trinajstić information content (AvgIpc) is 3.04. The number of amides is 1. The van der Waals surface area contributed by atoms with Crippen molar-refractivity contribution in [2.24, 2.45) is 0 Å². The number of sulfone groups is 1. The van der Waals surface area contributed by atoms with Crippen molar-refractivity contribution in [1.82, 2.24) is 9.78 Å². The molecule has 2 aromatic carbocycles. The topological polar surface area (TPSA) is 116 Å². The molecule has 1 heterocycles. The van der Waals surface area contributed by atoms with Crippen molar-refractivity contribution in [2.45, 2.75) is 28.3 Å². The fourth-order valence-electron chi connectivity index (χ4n) is 2.79.